The van der Waals surface area contributed by atoms with E-state index in [1.807, 2.05) is 91.0 Å². The van der Waals surface area contributed by atoms with Crippen LogP contribution in [0.5, 0.6) is 0 Å². The number of hydrogen-bond donors (Lipinski definition) is 0. The molecule has 5 heterocycles. The number of hydrogen-bond acceptors (Lipinski definition) is 6. The number of furan rings is 3. The van der Waals surface area contributed by atoms with Crippen LogP contribution in [-0.2, 0) is 0 Å². The number of para-hydroxylation sites is 4. The Morgan fingerprint density at radius 2 is 0.891 bits per heavy atom. The van der Waals surface area contributed by atoms with Gasteiger partial charge in [-0.05, 0) is 60.2 Å². The fourth-order valence-corrected chi connectivity index (χ4v) is 9.79. The molecule has 0 fully saturated rings. The standard InChI is InChI=1S/C57H32N4O3/c1-3-14-33(15-4-1)55-58-56(34-16-5-2-6-17-34)60-57(59-55)43-30-29-42-40-21-13-23-46(52(40)64-53(42)50(43)35-26-31-49-44(32-35)38-20-9-11-24-47(38)62-49)61-45-22-10-7-18-36(45)39-27-28-41-37-19-8-12-25-48(37)63-54(41)51(39)61/h1-32H. The molecule has 14 aromatic rings. The minimum absolute atomic E-state index is 0.539. The van der Waals surface area contributed by atoms with Gasteiger partial charge in [0.1, 0.15) is 22.3 Å². The molecule has 7 heteroatoms. The molecule has 298 valence electrons. The van der Waals surface area contributed by atoms with Gasteiger partial charge in [-0.25, -0.2) is 15.0 Å². The van der Waals surface area contributed by atoms with E-state index in [9.17, 15) is 0 Å². The van der Waals surface area contributed by atoms with Gasteiger partial charge >= 0.3 is 0 Å². The molecule has 64 heavy (non-hydrogen) atoms. The summed E-state index contributed by atoms with van der Waals surface area (Å²) in [6.45, 7) is 0. The normalized spacial score (nSPS) is 12.1. The van der Waals surface area contributed by atoms with E-state index >= 15 is 0 Å². The van der Waals surface area contributed by atoms with Gasteiger partial charge in [0.15, 0.2) is 28.6 Å². The highest BCUT2D eigenvalue weighted by Crippen LogP contribution is 2.47. The summed E-state index contributed by atoms with van der Waals surface area (Å²) in [6.07, 6.45) is 0. The maximum atomic E-state index is 7.39. The molecule has 0 aliphatic rings. The Labute approximate surface area is 364 Å². The minimum Gasteiger partial charge on any atom is -0.456 e. The van der Waals surface area contributed by atoms with E-state index < -0.39 is 0 Å². The quantitative estimate of drug-likeness (QED) is 0.172. The third kappa shape index (κ3) is 5.06. The highest BCUT2D eigenvalue weighted by Gasteiger charge is 2.25. The molecule has 7 nitrogen and oxygen atoms in total. The lowest BCUT2D eigenvalue weighted by Crippen LogP contribution is -2.01. The number of fused-ring (bicyclic) bond motifs is 13. The van der Waals surface area contributed by atoms with Crippen LogP contribution < -0.4 is 0 Å². The second-order valence-corrected chi connectivity index (χ2v) is 16.3. The van der Waals surface area contributed by atoms with E-state index in [0.29, 0.717) is 17.5 Å². The van der Waals surface area contributed by atoms with Crippen molar-refractivity contribution >= 4 is 87.6 Å². The number of rotatable bonds is 5. The average Bonchev–Trinajstić information content (AvgIpc) is 4.13. The first-order chi connectivity index (χ1) is 31.7. The molecule has 14 rings (SSSR count). The van der Waals surface area contributed by atoms with Crippen molar-refractivity contribution in [2.75, 3.05) is 0 Å². The Hall–Kier alpha value is -8.81. The van der Waals surface area contributed by atoms with Gasteiger partial charge in [-0.3, -0.25) is 0 Å². The Morgan fingerprint density at radius 1 is 0.328 bits per heavy atom. The first kappa shape index (κ1) is 34.9. The van der Waals surface area contributed by atoms with Crippen LogP contribution in [-0.4, -0.2) is 19.5 Å². The van der Waals surface area contributed by atoms with Crippen LogP contribution in [0.25, 0.3) is 139 Å². The molecule has 9 aromatic carbocycles. The molecule has 0 aliphatic heterocycles. The molecule has 5 aromatic heterocycles. The SMILES string of the molecule is c1ccc(-c2nc(-c3ccccc3)nc(-c3ccc4c(oc5c(-n6c7ccccc7c7ccc8c9ccccc9oc8c76)cccc54)c3-c3ccc4oc5ccccc5c4c3)n2)cc1. The first-order valence-electron chi connectivity index (χ1n) is 21.3. The van der Waals surface area contributed by atoms with Gasteiger partial charge in [0.05, 0.1) is 16.7 Å². The predicted molar refractivity (Wildman–Crippen MR) is 258 cm³/mol. The van der Waals surface area contributed by atoms with Gasteiger partial charge in [0.25, 0.3) is 0 Å². The number of aromatic nitrogens is 4. The molecule has 0 bridgehead atoms. The van der Waals surface area contributed by atoms with Gasteiger partial charge in [-0.1, -0.05) is 140 Å². The fourth-order valence-electron chi connectivity index (χ4n) is 9.79. The fraction of sp³-hybridized carbons (Fsp3) is 0. The monoisotopic (exact) mass is 820 g/mol. The summed E-state index contributed by atoms with van der Waals surface area (Å²) < 4.78 is 22.8. The number of nitrogens with zero attached hydrogens (tertiary/aromatic N) is 4. The van der Waals surface area contributed by atoms with E-state index in [4.69, 9.17) is 28.2 Å². The molecule has 0 amide bonds. The van der Waals surface area contributed by atoms with Crippen LogP contribution in [0.4, 0.5) is 0 Å². The third-order valence-electron chi connectivity index (χ3n) is 12.7. The zero-order valence-electron chi connectivity index (χ0n) is 34.0. The highest BCUT2D eigenvalue weighted by molar-refractivity contribution is 6.23. The first-order valence-corrected chi connectivity index (χ1v) is 21.3. The maximum Gasteiger partial charge on any atom is 0.164 e. The smallest absolute Gasteiger partial charge is 0.164 e. The Balaban J connectivity index is 1.09. The van der Waals surface area contributed by atoms with E-state index in [1.54, 1.807) is 0 Å². The van der Waals surface area contributed by atoms with Crippen LogP contribution in [0, 0.1) is 0 Å². The summed E-state index contributed by atoms with van der Waals surface area (Å²) in [5.41, 5.74) is 12.2. The largest absolute Gasteiger partial charge is 0.456 e. The summed E-state index contributed by atoms with van der Waals surface area (Å²) >= 11 is 0. The average molecular weight is 821 g/mol. The molecular weight excluding hydrogens is 789 g/mol. The van der Waals surface area contributed by atoms with Crippen molar-refractivity contribution < 1.29 is 13.3 Å². The third-order valence-corrected chi connectivity index (χ3v) is 12.7. The summed E-state index contributed by atoms with van der Waals surface area (Å²) in [5, 5.41) is 8.42. The van der Waals surface area contributed by atoms with Crippen LogP contribution in [0.1, 0.15) is 0 Å². The van der Waals surface area contributed by atoms with Crippen LogP contribution in [0.3, 0.4) is 0 Å². The lowest BCUT2D eigenvalue weighted by Gasteiger charge is -2.13. The number of benzene rings is 9. The molecule has 0 aliphatic carbocycles. The van der Waals surface area contributed by atoms with Crippen molar-refractivity contribution in [1.29, 1.82) is 0 Å². The lowest BCUT2D eigenvalue weighted by atomic mass is 9.95. The van der Waals surface area contributed by atoms with Gasteiger partial charge in [0, 0.05) is 65.3 Å². The topological polar surface area (TPSA) is 83.0 Å². The van der Waals surface area contributed by atoms with Crippen molar-refractivity contribution in [2.45, 2.75) is 0 Å². The van der Waals surface area contributed by atoms with Crippen LogP contribution >= 0.6 is 0 Å². The van der Waals surface area contributed by atoms with Crippen molar-refractivity contribution in [3.63, 3.8) is 0 Å². The summed E-state index contributed by atoms with van der Waals surface area (Å²) in [7, 11) is 0. The van der Waals surface area contributed by atoms with Gasteiger partial charge in [-0.15, -0.1) is 0 Å². The maximum absolute atomic E-state index is 7.39. The Kier molecular flexibility index (Phi) is 7.27. The van der Waals surface area contributed by atoms with E-state index in [-0.39, 0.29) is 0 Å². The van der Waals surface area contributed by atoms with E-state index in [0.717, 1.165) is 121 Å². The molecular formula is C57H32N4O3. The van der Waals surface area contributed by atoms with Crippen LogP contribution in [0.15, 0.2) is 207 Å². The lowest BCUT2D eigenvalue weighted by molar-refractivity contribution is 0.665. The molecule has 0 radical (unpaired) electrons. The second kappa shape index (κ2) is 13.3. The van der Waals surface area contributed by atoms with E-state index in [2.05, 4.69) is 108 Å². The Morgan fingerprint density at radius 3 is 1.66 bits per heavy atom. The van der Waals surface area contributed by atoms with Crippen molar-refractivity contribution in [3.05, 3.63) is 194 Å². The van der Waals surface area contributed by atoms with Crippen LogP contribution in [0.2, 0.25) is 0 Å². The van der Waals surface area contributed by atoms with Crippen molar-refractivity contribution in [2.24, 2.45) is 0 Å². The molecule has 0 spiro atoms. The molecule has 0 saturated carbocycles. The minimum atomic E-state index is 0.539. The second-order valence-electron chi connectivity index (χ2n) is 16.3. The predicted octanol–water partition coefficient (Wildman–Crippen LogP) is 15.3. The molecule has 0 saturated heterocycles. The molecule has 0 atom stereocenters. The summed E-state index contributed by atoms with van der Waals surface area (Å²) in [5.74, 6) is 1.71. The van der Waals surface area contributed by atoms with Gasteiger partial charge in [0.2, 0.25) is 0 Å². The van der Waals surface area contributed by atoms with E-state index in [1.165, 1.54) is 0 Å². The summed E-state index contributed by atoms with van der Waals surface area (Å²) in [4.78, 5) is 15.5. The zero-order valence-corrected chi connectivity index (χ0v) is 34.0. The summed E-state index contributed by atoms with van der Waals surface area (Å²) in [6, 6.07) is 66.6. The molecule has 0 N–H and O–H groups in total. The van der Waals surface area contributed by atoms with Gasteiger partial charge < -0.3 is 17.8 Å². The molecule has 0 unspecified atom stereocenters. The highest BCUT2D eigenvalue weighted by atomic mass is 16.3. The van der Waals surface area contributed by atoms with Crippen molar-refractivity contribution in [3.8, 4) is 51.0 Å². The Bertz CT molecular complexity index is 4140. The zero-order chi connectivity index (χ0) is 41.9. The van der Waals surface area contributed by atoms with Gasteiger partial charge in [-0.2, -0.15) is 0 Å². The van der Waals surface area contributed by atoms with Crippen molar-refractivity contribution in [1.82, 2.24) is 19.5 Å².